The predicted molar refractivity (Wildman–Crippen MR) is 82.1 cm³/mol. The molecule has 3 nitrogen and oxygen atoms in total. The van der Waals surface area contributed by atoms with Gasteiger partial charge in [-0.05, 0) is 33.9 Å². The molecule has 0 spiro atoms. The van der Waals surface area contributed by atoms with E-state index in [1.54, 1.807) is 0 Å². The van der Waals surface area contributed by atoms with Crippen LogP contribution in [-0.2, 0) is 4.79 Å². The van der Waals surface area contributed by atoms with E-state index in [2.05, 4.69) is 46.7 Å². The van der Waals surface area contributed by atoms with Crippen molar-refractivity contribution in [1.29, 1.82) is 0 Å². The summed E-state index contributed by atoms with van der Waals surface area (Å²) in [4.78, 5) is 16.4. The SMILES string of the molecule is CC(C)[C@H](CSCCN(C)C)C(=O)N(C)C(C)C. The second-order valence-corrected chi connectivity index (χ2v) is 6.92. The maximum absolute atomic E-state index is 12.4. The molecule has 0 aromatic carbocycles. The van der Waals surface area contributed by atoms with Crippen molar-refractivity contribution in [3.8, 4) is 0 Å². The van der Waals surface area contributed by atoms with Crippen molar-refractivity contribution in [1.82, 2.24) is 9.80 Å². The largest absolute Gasteiger partial charge is 0.343 e. The Morgan fingerprint density at radius 2 is 1.67 bits per heavy atom. The Labute approximate surface area is 117 Å². The summed E-state index contributed by atoms with van der Waals surface area (Å²) in [7, 11) is 6.07. The fourth-order valence-corrected chi connectivity index (χ4v) is 2.96. The lowest BCUT2D eigenvalue weighted by molar-refractivity contribution is -0.136. The molecular weight excluding hydrogens is 244 g/mol. The van der Waals surface area contributed by atoms with Crippen LogP contribution in [-0.4, -0.2) is 60.9 Å². The molecule has 4 heteroatoms. The van der Waals surface area contributed by atoms with E-state index in [0.29, 0.717) is 5.92 Å². The van der Waals surface area contributed by atoms with Crippen LogP contribution in [0.2, 0.25) is 0 Å². The van der Waals surface area contributed by atoms with E-state index in [1.165, 1.54) is 0 Å². The van der Waals surface area contributed by atoms with Crippen LogP contribution in [0.15, 0.2) is 0 Å². The second-order valence-electron chi connectivity index (χ2n) is 5.77. The van der Waals surface area contributed by atoms with Crippen molar-refractivity contribution < 1.29 is 4.79 Å². The van der Waals surface area contributed by atoms with Gasteiger partial charge in [0, 0.05) is 37.1 Å². The molecule has 0 saturated heterocycles. The molecule has 0 unspecified atom stereocenters. The van der Waals surface area contributed by atoms with Crippen molar-refractivity contribution in [3.63, 3.8) is 0 Å². The highest BCUT2D eigenvalue weighted by atomic mass is 32.2. The number of rotatable bonds is 8. The van der Waals surface area contributed by atoms with E-state index in [1.807, 2.05) is 23.7 Å². The first-order valence-corrected chi connectivity index (χ1v) is 7.92. The summed E-state index contributed by atoms with van der Waals surface area (Å²) in [5.74, 6) is 2.86. The summed E-state index contributed by atoms with van der Waals surface area (Å²) in [5.41, 5.74) is 0. The van der Waals surface area contributed by atoms with Gasteiger partial charge >= 0.3 is 0 Å². The number of amides is 1. The van der Waals surface area contributed by atoms with Gasteiger partial charge in [-0.3, -0.25) is 4.79 Å². The number of carbonyl (C=O) groups is 1. The van der Waals surface area contributed by atoms with Gasteiger partial charge in [0.15, 0.2) is 0 Å². The third kappa shape index (κ3) is 6.64. The van der Waals surface area contributed by atoms with Gasteiger partial charge in [-0.25, -0.2) is 0 Å². The highest BCUT2D eigenvalue weighted by Gasteiger charge is 2.26. The molecule has 0 fully saturated rings. The fraction of sp³-hybridized carbons (Fsp3) is 0.929. The molecule has 1 amide bonds. The predicted octanol–water partition coefficient (Wildman–Crippen LogP) is 2.42. The molecule has 0 N–H and O–H groups in total. The molecule has 0 aliphatic carbocycles. The fourth-order valence-electron chi connectivity index (χ4n) is 1.52. The lowest BCUT2D eigenvalue weighted by atomic mass is 9.96. The van der Waals surface area contributed by atoms with Crippen LogP contribution in [0.3, 0.4) is 0 Å². The van der Waals surface area contributed by atoms with Crippen molar-refractivity contribution in [2.45, 2.75) is 33.7 Å². The molecule has 0 heterocycles. The Morgan fingerprint density at radius 3 is 2.06 bits per heavy atom. The quantitative estimate of drug-likeness (QED) is 0.635. The lowest BCUT2D eigenvalue weighted by Gasteiger charge is -2.29. The van der Waals surface area contributed by atoms with Gasteiger partial charge in [0.2, 0.25) is 5.91 Å². The first-order chi connectivity index (χ1) is 8.27. The highest BCUT2D eigenvalue weighted by Crippen LogP contribution is 2.20. The summed E-state index contributed by atoms with van der Waals surface area (Å²) >= 11 is 1.89. The van der Waals surface area contributed by atoms with Crippen LogP contribution in [0, 0.1) is 11.8 Å². The Hall–Kier alpha value is -0.220. The number of nitrogens with zero attached hydrogens (tertiary/aromatic N) is 2. The zero-order valence-corrected chi connectivity index (χ0v) is 13.9. The Morgan fingerprint density at radius 1 is 1.11 bits per heavy atom. The summed E-state index contributed by atoms with van der Waals surface area (Å²) in [6.45, 7) is 9.49. The van der Waals surface area contributed by atoms with Crippen LogP contribution >= 0.6 is 11.8 Å². The van der Waals surface area contributed by atoms with E-state index in [9.17, 15) is 4.79 Å². The first-order valence-electron chi connectivity index (χ1n) is 6.76. The third-order valence-electron chi connectivity index (χ3n) is 3.22. The zero-order valence-electron chi connectivity index (χ0n) is 13.1. The van der Waals surface area contributed by atoms with Gasteiger partial charge in [-0.1, -0.05) is 13.8 Å². The standard InChI is InChI=1S/C14H30N2OS/c1-11(2)13(10-18-9-8-15(5)6)14(17)16(7)12(3)4/h11-13H,8-10H2,1-7H3/t13-/m0/s1. The molecule has 0 aromatic heterocycles. The maximum Gasteiger partial charge on any atom is 0.226 e. The van der Waals surface area contributed by atoms with Crippen LogP contribution in [0.1, 0.15) is 27.7 Å². The van der Waals surface area contributed by atoms with Gasteiger partial charge in [-0.2, -0.15) is 11.8 Å². The highest BCUT2D eigenvalue weighted by molar-refractivity contribution is 7.99. The summed E-state index contributed by atoms with van der Waals surface area (Å²) in [5, 5.41) is 0. The Bertz CT molecular complexity index is 242. The van der Waals surface area contributed by atoms with E-state index in [-0.39, 0.29) is 17.9 Å². The number of hydrogen-bond acceptors (Lipinski definition) is 3. The van der Waals surface area contributed by atoms with Crippen molar-refractivity contribution in [2.24, 2.45) is 11.8 Å². The second kappa shape index (κ2) is 8.81. The maximum atomic E-state index is 12.4. The molecule has 0 radical (unpaired) electrons. The average molecular weight is 274 g/mol. The number of carbonyl (C=O) groups excluding carboxylic acids is 1. The Kier molecular flexibility index (Phi) is 8.70. The van der Waals surface area contributed by atoms with Gasteiger partial charge < -0.3 is 9.80 Å². The van der Waals surface area contributed by atoms with E-state index in [0.717, 1.165) is 18.1 Å². The van der Waals surface area contributed by atoms with E-state index >= 15 is 0 Å². The molecule has 0 rings (SSSR count). The first kappa shape index (κ1) is 17.8. The van der Waals surface area contributed by atoms with Crippen LogP contribution in [0.25, 0.3) is 0 Å². The monoisotopic (exact) mass is 274 g/mol. The Balaban J connectivity index is 4.26. The van der Waals surface area contributed by atoms with Crippen molar-refractivity contribution in [2.75, 3.05) is 39.2 Å². The minimum atomic E-state index is 0.143. The molecule has 18 heavy (non-hydrogen) atoms. The topological polar surface area (TPSA) is 23.6 Å². The van der Waals surface area contributed by atoms with Crippen LogP contribution < -0.4 is 0 Å². The van der Waals surface area contributed by atoms with Crippen molar-refractivity contribution >= 4 is 17.7 Å². The third-order valence-corrected chi connectivity index (χ3v) is 4.29. The average Bonchev–Trinajstić information content (AvgIpc) is 2.26. The molecule has 108 valence electrons. The van der Waals surface area contributed by atoms with Gasteiger partial charge in [0.1, 0.15) is 0 Å². The van der Waals surface area contributed by atoms with Crippen LogP contribution in [0.4, 0.5) is 0 Å². The number of thioether (sulfide) groups is 1. The lowest BCUT2D eigenvalue weighted by Crippen LogP contribution is -2.40. The molecular formula is C14H30N2OS. The molecule has 0 aromatic rings. The normalized spacial score (nSPS) is 13.4. The molecule has 0 saturated carbocycles. The van der Waals surface area contributed by atoms with Gasteiger partial charge in [0.25, 0.3) is 0 Å². The van der Waals surface area contributed by atoms with E-state index in [4.69, 9.17) is 0 Å². The van der Waals surface area contributed by atoms with Gasteiger partial charge in [0.05, 0.1) is 0 Å². The van der Waals surface area contributed by atoms with Crippen molar-refractivity contribution in [3.05, 3.63) is 0 Å². The summed E-state index contributed by atoms with van der Waals surface area (Å²) in [6, 6.07) is 0.283. The zero-order chi connectivity index (χ0) is 14.3. The molecule has 0 bridgehead atoms. The summed E-state index contributed by atoms with van der Waals surface area (Å²) < 4.78 is 0. The van der Waals surface area contributed by atoms with Gasteiger partial charge in [-0.15, -0.1) is 0 Å². The smallest absolute Gasteiger partial charge is 0.226 e. The van der Waals surface area contributed by atoms with E-state index < -0.39 is 0 Å². The molecule has 0 aliphatic rings. The van der Waals surface area contributed by atoms with Crippen LogP contribution in [0.5, 0.6) is 0 Å². The molecule has 1 atom stereocenters. The minimum Gasteiger partial charge on any atom is -0.343 e. The number of hydrogen-bond donors (Lipinski definition) is 0. The molecule has 0 aliphatic heterocycles. The minimum absolute atomic E-state index is 0.143. The summed E-state index contributed by atoms with van der Waals surface area (Å²) in [6.07, 6.45) is 0.